The van der Waals surface area contributed by atoms with Crippen molar-refractivity contribution in [2.45, 2.75) is 31.0 Å². The van der Waals surface area contributed by atoms with Gasteiger partial charge in [0.05, 0.1) is 19.4 Å². The minimum Gasteiger partial charge on any atom is -0.394 e. The zero-order chi connectivity index (χ0) is 22.1. The molecule has 1 fully saturated rings. The summed E-state index contributed by atoms with van der Waals surface area (Å²) in [5.74, 6) is -0.162. The Kier molecular flexibility index (Phi) is 6.23. The van der Waals surface area contributed by atoms with Gasteiger partial charge in [0.2, 0.25) is 5.91 Å². The number of halogens is 2. The van der Waals surface area contributed by atoms with Gasteiger partial charge in [-0.3, -0.25) is 20.2 Å². The van der Waals surface area contributed by atoms with Crippen molar-refractivity contribution in [2.75, 3.05) is 12.0 Å². The Morgan fingerprint density at radius 3 is 2.71 bits per heavy atom. The zero-order valence-corrected chi connectivity index (χ0v) is 17.3. The second-order valence-electron chi connectivity index (χ2n) is 6.86. The van der Waals surface area contributed by atoms with Crippen LogP contribution in [0.3, 0.4) is 0 Å². The summed E-state index contributed by atoms with van der Waals surface area (Å²) in [4.78, 5) is 24.7. The van der Waals surface area contributed by atoms with Gasteiger partial charge in [0.15, 0.2) is 23.2 Å². The molecule has 3 aromatic rings. The Hall–Kier alpha value is -2.54. The van der Waals surface area contributed by atoms with Gasteiger partial charge in [-0.1, -0.05) is 29.3 Å². The van der Waals surface area contributed by atoms with Gasteiger partial charge in [-0.2, -0.15) is 0 Å². The summed E-state index contributed by atoms with van der Waals surface area (Å²) >= 11 is 12.0. The lowest BCUT2D eigenvalue weighted by atomic mass is 10.1. The maximum Gasteiger partial charge on any atom is 0.242 e. The summed E-state index contributed by atoms with van der Waals surface area (Å²) in [6.07, 6.45) is -1.87. The first-order valence-corrected chi connectivity index (χ1v) is 9.93. The van der Waals surface area contributed by atoms with E-state index in [1.807, 2.05) is 0 Å². The number of nitrogens with zero attached hydrogens (tertiary/aromatic N) is 4. The molecule has 4 rings (SSSR count). The molecule has 1 aliphatic heterocycles. The number of aliphatic hydroxyl groups is 3. The first kappa shape index (κ1) is 21.7. The molecule has 0 radical (unpaired) electrons. The third-order valence-electron chi connectivity index (χ3n) is 4.84. The molecular weight excluding hydrogens is 451 g/mol. The minimum absolute atomic E-state index is 0.00815. The van der Waals surface area contributed by atoms with Gasteiger partial charge in [0, 0.05) is 10.0 Å². The van der Waals surface area contributed by atoms with Crippen molar-refractivity contribution < 1.29 is 24.9 Å². The summed E-state index contributed by atoms with van der Waals surface area (Å²) in [7, 11) is 0. The molecule has 0 aliphatic carbocycles. The van der Waals surface area contributed by atoms with Crippen LogP contribution in [0.5, 0.6) is 0 Å². The molecule has 5 N–H and O–H groups in total. The lowest BCUT2D eigenvalue weighted by Gasteiger charge is -2.16. The molecular formula is C18H18Cl2N6O5. The molecule has 1 aliphatic rings. The van der Waals surface area contributed by atoms with Crippen LogP contribution in [0, 0.1) is 0 Å². The van der Waals surface area contributed by atoms with Crippen molar-refractivity contribution in [3.8, 4) is 0 Å². The SMILES string of the molecule is O=C(Cc1ccc(Cl)cc1Cl)NNc1ncnc2c1ncn2[C@@H]1O[C@H](CO)[C@@H](O)[C@H]1O. The summed E-state index contributed by atoms with van der Waals surface area (Å²) < 4.78 is 6.93. The van der Waals surface area contributed by atoms with Gasteiger partial charge in [0.1, 0.15) is 24.6 Å². The van der Waals surface area contributed by atoms with Crippen LogP contribution >= 0.6 is 23.2 Å². The highest BCUT2D eigenvalue weighted by molar-refractivity contribution is 6.35. The molecule has 1 amide bonds. The van der Waals surface area contributed by atoms with Gasteiger partial charge in [-0.05, 0) is 17.7 Å². The van der Waals surface area contributed by atoms with Crippen molar-refractivity contribution >= 4 is 46.1 Å². The highest BCUT2D eigenvalue weighted by Gasteiger charge is 2.44. The standard InChI is InChI=1S/C18H18Cl2N6O5/c19-9-2-1-8(10(20)4-9)3-12(28)24-25-16-13-17(22-6-21-16)26(7-23-13)18-15(30)14(29)11(5-27)31-18/h1-2,4,6-7,11,14-15,18,27,29-30H,3,5H2,(H,24,28)(H,21,22,25)/t11-,14-,15-,18-/m1/s1. The van der Waals surface area contributed by atoms with Crippen molar-refractivity contribution in [3.05, 3.63) is 46.5 Å². The van der Waals surface area contributed by atoms with E-state index in [2.05, 4.69) is 25.8 Å². The van der Waals surface area contributed by atoms with Gasteiger partial charge >= 0.3 is 0 Å². The molecule has 0 saturated carbocycles. The lowest BCUT2D eigenvalue weighted by molar-refractivity contribution is -0.119. The van der Waals surface area contributed by atoms with Crippen LogP contribution in [0.4, 0.5) is 5.82 Å². The number of benzene rings is 1. The monoisotopic (exact) mass is 468 g/mol. The highest BCUT2D eigenvalue weighted by atomic mass is 35.5. The number of ether oxygens (including phenoxy) is 1. The smallest absolute Gasteiger partial charge is 0.242 e. The van der Waals surface area contributed by atoms with E-state index in [4.69, 9.17) is 27.9 Å². The molecule has 164 valence electrons. The fourth-order valence-corrected chi connectivity index (χ4v) is 3.73. The average molecular weight is 469 g/mol. The number of aromatic nitrogens is 4. The second kappa shape index (κ2) is 8.91. The van der Waals surface area contributed by atoms with E-state index in [0.29, 0.717) is 26.8 Å². The van der Waals surface area contributed by atoms with E-state index in [-0.39, 0.29) is 18.1 Å². The van der Waals surface area contributed by atoms with Crippen molar-refractivity contribution in [1.82, 2.24) is 24.9 Å². The van der Waals surface area contributed by atoms with Crippen LogP contribution in [0.2, 0.25) is 10.0 Å². The fourth-order valence-electron chi connectivity index (χ4n) is 3.25. The fraction of sp³-hybridized carbons (Fsp3) is 0.333. The molecule has 4 atom stereocenters. The van der Waals surface area contributed by atoms with E-state index < -0.39 is 31.1 Å². The first-order chi connectivity index (χ1) is 14.9. The number of amides is 1. The van der Waals surface area contributed by atoms with E-state index in [1.165, 1.54) is 17.2 Å². The molecule has 0 unspecified atom stereocenters. The largest absolute Gasteiger partial charge is 0.394 e. The number of aliphatic hydroxyl groups excluding tert-OH is 3. The predicted octanol–water partition coefficient (Wildman–Crippen LogP) is 0.430. The molecule has 11 nitrogen and oxygen atoms in total. The van der Waals surface area contributed by atoms with Gasteiger partial charge < -0.3 is 20.1 Å². The maximum absolute atomic E-state index is 12.3. The normalized spacial score (nSPS) is 23.3. The maximum atomic E-state index is 12.3. The van der Waals surface area contributed by atoms with E-state index in [0.717, 1.165) is 0 Å². The van der Waals surface area contributed by atoms with Crippen LogP contribution in [0.25, 0.3) is 11.2 Å². The van der Waals surface area contributed by atoms with E-state index in [1.54, 1.807) is 18.2 Å². The molecule has 3 heterocycles. The van der Waals surface area contributed by atoms with Crippen molar-refractivity contribution in [1.29, 1.82) is 0 Å². The van der Waals surface area contributed by atoms with Crippen LogP contribution in [0.1, 0.15) is 11.8 Å². The van der Waals surface area contributed by atoms with Gasteiger partial charge in [0.25, 0.3) is 0 Å². The Bertz CT molecular complexity index is 1110. The predicted molar refractivity (Wildman–Crippen MR) is 110 cm³/mol. The second-order valence-corrected chi connectivity index (χ2v) is 7.70. The Morgan fingerprint density at radius 1 is 1.19 bits per heavy atom. The minimum atomic E-state index is -1.29. The number of hydrogen-bond acceptors (Lipinski definition) is 9. The Labute approximate surface area is 185 Å². The molecule has 31 heavy (non-hydrogen) atoms. The van der Waals surface area contributed by atoms with Crippen LogP contribution < -0.4 is 10.9 Å². The molecule has 2 aromatic heterocycles. The highest BCUT2D eigenvalue weighted by Crippen LogP contribution is 2.32. The molecule has 0 bridgehead atoms. The summed E-state index contributed by atoms with van der Waals surface area (Å²) in [6, 6.07) is 4.86. The zero-order valence-electron chi connectivity index (χ0n) is 15.8. The van der Waals surface area contributed by atoms with E-state index in [9.17, 15) is 20.1 Å². The number of carbonyl (C=O) groups excluding carboxylic acids is 1. The quantitative estimate of drug-likeness (QED) is 0.323. The summed E-state index contributed by atoms with van der Waals surface area (Å²) in [5, 5.41) is 30.3. The summed E-state index contributed by atoms with van der Waals surface area (Å²) in [6.45, 7) is -0.452. The molecule has 13 heteroatoms. The third-order valence-corrected chi connectivity index (χ3v) is 5.42. The lowest BCUT2D eigenvalue weighted by Crippen LogP contribution is -2.33. The molecule has 0 spiro atoms. The molecule has 1 aromatic carbocycles. The number of rotatable bonds is 6. The number of fused-ring (bicyclic) bond motifs is 1. The number of nitrogens with one attached hydrogen (secondary N) is 2. The van der Waals surface area contributed by atoms with Crippen LogP contribution in [0.15, 0.2) is 30.9 Å². The third kappa shape index (κ3) is 4.28. The number of imidazole rings is 1. The Morgan fingerprint density at radius 2 is 2.00 bits per heavy atom. The average Bonchev–Trinajstić information content (AvgIpc) is 3.30. The van der Waals surface area contributed by atoms with Crippen molar-refractivity contribution in [3.63, 3.8) is 0 Å². The van der Waals surface area contributed by atoms with Crippen LogP contribution in [-0.4, -0.2) is 65.7 Å². The van der Waals surface area contributed by atoms with Crippen molar-refractivity contribution in [2.24, 2.45) is 0 Å². The number of hydrogen-bond donors (Lipinski definition) is 5. The number of anilines is 1. The number of carbonyl (C=O) groups is 1. The van der Waals surface area contributed by atoms with E-state index >= 15 is 0 Å². The Balaban J connectivity index is 1.49. The number of hydrazine groups is 1. The molecule has 1 saturated heterocycles. The summed E-state index contributed by atoms with van der Waals surface area (Å²) in [5.41, 5.74) is 6.41. The first-order valence-electron chi connectivity index (χ1n) is 9.17. The topological polar surface area (TPSA) is 155 Å². The van der Waals surface area contributed by atoms with Gasteiger partial charge in [-0.25, -0.2) is 15.0 Å². The van der Waals surface area contributed by atoms with Gasteiger partial charge in [-0.15, -0.1) is 0 Å². The van der Waals surface area contributed by atoms with Crippen LogP contribution in [-0.2, 0) is 16.0 Å².